The van der Waals surface area contributed by atoms with Gasteiger partial charge in [-0.05, 0) is 0 Å². The van der Waals surface area contributed by atoms with Crippen LogP contribution in [0.25, 0.3) is 0 Å². The van der Waals surface area contributed by atoms with Gasteiger partial charge in [0.05, 0.1) is 0 Å². The first-order chi connectivity index (χ1) is 2.94. The molecule has 0 unspecified atom stereocenters. The molecule has 0 heterocycles. The highest BCUT2D eigenvalue weighted by Gasteiger charge is 2.22. The normalized spacial score (nSPS) is 9.89. The molecule has 0 fully saturated rings. The molecular weight excluding hydrogens is 233 g/mol. The van der Waals surface area contributed by atoms with Crippen molar-refractivity contribution >= 4 is 55.6 Å². The lowest BCUT2D eigenvalue weighted by Crippen LogP contribution is -1.86. The van der Waals surface area contributed by atoms with Crippen molar-refractivity contribution in [2.75, 3.05) is 0 Å². The molecule has 0 aromatic heterocycles. The van der Waals surface area contributed by atoms with E-state index < -0.39 is 12.2 Å². The zero-order valence-electron chi connectivity index (χ0n) is 3.90. The minimum Gasteiger partial charge on any atom is -0.323 e. The average Bonchev–Trinajstić information content (AvgIpc) is 1.31. The Morgan fingerprint density at radius 3 is 1.33 bits per heavy atom. The van der Waals surface area contributed by atoms with E-state index in [4.69, 9.17) is 33.0 Å². The van der Waals surface area contributed by atoms with Gasteiger partial charge in [0.15, 0.2) is 0 Å². The molecule has 60 valence electrons. The van der Waals surface area contributed by atoms with Crippen LogP contribution >= 0.6 is 55.6 Å². The second kappa shape index (κ2) is 6.05. The summed E-state index contributed by atoms with van der Waals surface area (Å²) in [5.74, 6) is 0. The van der Waals surface area contributed by atoms with Crippen LogP contribution in [-0.4, -0.2) is 14.4 Å². The summed E-state index contributed by atoms with van der Waals surface area (Å²) in [6.07, 6.45) is 0. The Kier molecular flexibility index (Phi) is 11.2. The van der Waals surface area contributed by atoms with Crippen molar-refractivity contribution in [3.05, 3.63) is 0 Å². The third kappa shape index (κ3) is 9.31. The second-order valence-electron chi connectivity index (χ2n) is 0.867. The van der Waals surface area contributed by atoms with Crippen molar-refractivity contribution in [1.29, 1.82) is 0 Å². The lowest BCUT2D eigenvalue weighted by atomic mass is 11.9. The molecule has 2 N–H and O–H groups in total. The zero-order chi connectivity index (χ0) is 6.08. The molecule has 0 spiro atoms. The van der Waals surface area contributed by atoms with Gasteiger partial charge in [0, 0.05) is 0 Å². The van der Waals surface area contributed by atoms with Gasteiger partial charge < -0.3 is 9.79 Å². The van der Waals surface area contributed by atoms with Crippen LogP contribution in [0.1, 0.15) is 0 Å². The smallest absolute Gasteiger partial charge is 0.323 e. The van der Waals surface area contributed by atoms with Gasteiger partial charge in [0.1, 0.15) is 0 Å². The molecule has 0 radical (unpaired) electrons. The monoisotopic (exact) mass is 236 g/mol. The van der Waals surface area contributed by atoms with E-state index in [2.05, 4.69) is 0 Å². The minimum absolute atomic E-state index is 0. The Morgan fingerprint density at radius 2 is 1.33 bits per heavy atom. The first-order valence-corrected chi connectivity index (χ1v) is 3.83. The van der Waals surface area contributed by atoms with Crippen LogP contribution in [0.5, 0.6) is 0 Å². The first kappa shape index (κ1) is 16.7. The molecular formula is CH5Cl4O3P. The molecule has 0 aromatic carbocycles. The maximum atomic E-state index is 9.76. The molecule has 0 aromatic rings. The van der Waals surface area contributed by atoms with Crippen molar-refractivity contribution in [3.63, 3.8) is 0 Å². The van der Waals surface area contributed by atoms with Crippen molar-refractivity contribution in [2.45, 2.75) is 4.58 Å². The van der Waals surface area contributed by atoms with Gasteiger partial charge in [0.2, 0.25) is 4.58 Å². The number of alkyl halides is 2. The molecule has 3 nitrogen and oxygen atoms in total. The van der Waals surface area contributed by atoms with Crippen molar-refractivity contribution < 1.29 is 14.4 Å². The zero-order valence-corrected chi connectivity index (χ0v) is 7.94. The highest BCUT2D eigenvalue weighted by atomic mass is 35.5. The van der Waals surface area contributed by atoms with Crippen molar-refractivity contribution in [3.8, 4) is 0 Å². The lowest BCUT2D eigenvalue weighted by Gasteiger charge is -1.99. The molecule has 8 heteroatoms. The molecule has 0 atom stereocenters. The summed E-state index contributed by atoms with van der Waals surface area (Å²) in [4.78, 5) is 15.9. The minimum atomic E-state index is -4.21. The molecule has 0 aliphatic carbocycles. The van der Waals surface area contributed by atoms with Gasteiger partial charge in [-0.3, -0.25) is 4.57 Å². The topological polar surface area (TPSA) is 57.5 Å². The van der Waals surface area contributed by atoms with E-state index >= 15 is 0 Å². The van der Waals surface area contributed by atoms with E-state index in [1.165, 1.54) is 0 Å². The van der Waals surface area contributed by atoms with Crippen LogP contribution in [0.15, 0.2) is 0 Å². The Morgan fingerprint density at radius 1 is 1.22 bits per heavy atom. The molecule has 0 aliphatic heterocycles. The predicted molar refractivity (Wildman–Crippen MR) is 42.0 cm³/mol. The maximum Gasteiger partial charge on any atom is 0.358 e. The van der Waals surface area contributed by atoms with E-state index in [1.807, 2.05) is 0 Å². The molecule has 0 saturated heterocycles. The molecule has 0 rings (SSSR count). The summed E-state index contributed by atoms with van der Waals surface area (Å²) in [7, 11) is -4.21. The highest BCUT2D eigenvalue weighted by molar-refractivity contribution is 7.56. The van der Waals surface area contributed by atoms with Crippen LogP contribution in [0.4, 0.5) is 0 Å². The predicted octanol–water partition coefficient (Wildman–Crippen LogP) is 1.77. The quantitative estimate of drug-likeness (QED) is 0.540. The van der Waals surface area contributed by atoms with Crippen molar-refractivity contribution in [1.82, 2.24) is 0 Å². The molecule has 9 heavy (non-hydrogen) atoms. The van der Waals surface area contributed by atoms with E-state index in [-0.39, 0.29) is 24.8 Å². The van der Waals surface area contributed by atoms with Crippen LogP contribution in [0.2, 0.25) is 0 Å². The highest BCUT2D eigenvalue weighted by Crippen LogP contribution is 2.45. The Hall–Kier alpha value is 1.31. The summed E-state index contributed by atoms with van der Waals surface area (Å²) in [6, 6.07) is 0. The molecule has 0 saturated carbocycles. The third-order valence-corrected chi connectivity index (χ3v) is 2.29. The van der Waals surface area contributed by atoms with Crippen LogP contribution < -0.4 is 0 Å². The maximum absolute atomic E-state index is 9.76. The lowest BCUT2D eigenvalue weighted by molar-refractivity contribution is 0.376. The van der Waals surface area contributed by atoms with E-state index in [1.54, 1.807) is 0 Å². The number of rotatable bonds is 1. The van der Waals surface area contributed by atoms with Gasteiger partial charge >= 0.3 is 7.60 Å². The Balaban J connectivity index is -0.000000180. The van der Waals surface area contributed by atoms with Gasteiger partial charge in [-0.15, -0.1) is 24.8 Å². The first-order valence-electron chi connectivity index (χ1n) is 1.28. The summed E-state index contributed by atoms with van der Waals surface area (Å²) in [5, 5.41) is 0. The Bertz CT molecular complexity index is 98.0. The Labute approximate surface area is 74.7 Å². The number of hydrogen-bond donors (Lipinski definition) is 2. The van der Waals surface area contributed by atoms with Gasteiger partial charge in [0.25, 0.3) is 0 Å². The van der Waals surface area contributed by atoms with Crippen LogP contribution in [0, 0.1) is 0 Å². The standard InChI is InChI=1S/CH3Cl2O3P.2ClH/c2-1(3)7(4,5)6;;/h1H,(H2,4,5,6);2*1H. The van der Waals surface area contributed by atoms with Crippen molar-refractivity contribution in [2.24, 2.45) is 0 Å². The summed E-state index contributed by atoms with van der Waals surface area (Å²) < 4.78 is 8.17. The largest absolute Gasteiger partial charge is 0.358 e. The summed E-state index contributed by atoms with van der Waals surface area (Å²) in [6.45, 7) is 0. The van der Waals surface area contributed by atoms with E-state index in [0.29, 0.717) is 0 Å². The number of hydrogen-bond acceptors (Lipinski definition) is 1. The second-order valence-corrected chi connectivity index (χ2v) is 4.27. The fraction of sp³-hybridized carbons (Fsp3) is 1.00. The van der Waals surface area contributed by atoms with E-state index in [9.17, 15) is 4.57 Å². The SMILES string of the molecule is Cl.Cl.O=P(O)(O)C(Cl)Cl. The number of halogens is 4. The van der Waals surface area contributed by atoms with Gasteiger partial charge in [-0.2, -0.15) is 0 Å². The molecule has 0 aliphatic rings. The van der Waals surface area contributed by atoms with Crippen LogP contribution in [-0.2, 0) is 4.57 Å². The molecule has 0 bridgehead atoms. The average molecular weight is 238 g/mol. The fourth-order valence-electron chi connectivity index (χ4n) is 0. The summed E-state index contributed by atoms with van der Waals surface area (Å²) >= 11 is 9.51. The van der Waals surface area contributed by atoms with E-state index in [0.717, 1.165) is 0 Å². The van der Waals surface area contributed by atoms with Gasteiger partial charge in [-0.1, -0.05) is 23.2 Å². The fourth-order valence-corrected chi connectivity index (χ4v) is 0. The van der Waals surface area contributed by atoms with Crippen LogP contribution in [0.3, 0.4) is 0 Å². The third-order valence-electron chi connectivity index (χ3n) is 0.254. The summed E-state index contributed by atoms with van der Waals surface area (Å²) in [5.41, 5.74) is 0. The van der Waals surface area contributed by atoms with Gasteiger partial charge in [-0.25, -0.2) is 0 Å². The molecule has 0 amide bonds.